The predicted molar refractivity (Wildman–Crippen MR) is 151 cm³/mol. The summed E-state index contributed by atoms with van der Waals surface area (Å²) < 4.78 is 66.9. The van der Waals surface area contributed by atoms with Gasteiger partial charge in [0, 0.05) is 62.4 Å². The summed E-state index contributed by atoms with van der Waals surface area (Å²) in [7, 11) is 0. The molecular formula is C28H26F4N8OS. The monoisotopic (exact) mass is 598 g/mol. The van der Waals surface area contributed by atoms with E-state index in [-0.39, 0.29) is 44.3 Å². The fourth-order valence-electron chi connectivity index (χ4n) is 6.59. The number of thiophene rings is 1. The van der Waals surface area contributed by atoms with Crippen molar-refractivity contribution in [3.05, 3.63) is 35.3 Å². The number of halogens is 4. The van der Waals surface area contributed by atoms with E-state index in [9.17, 15) is 14.0 Å². The zero-order chi connectivity index (χ0) is 29.2. The van der Waals surface area contributed by atoms with Gasteiger partial charge in [-0.2, -0.15) is 15.2 Å². The Morgan fingerprint density at radius 2 is 2.00 bits per heavy atom. The second-order valence-electron chi connectivity index (χ2n) is 11.0. The first-order chi connectivity index (χ1) is 20.3. The van der Waals surface area contributed by atoms with Gasteiger partial charge < -0.3 is 20.7 Å². The maximum absolute atomic E-state index is 16.5. The predicted octanol–water partition coefficient (Wildman–Crippen LogP) is 4.14. The van der Waals surface area contributed by atoms with Crippen LogP contribution in [0.15, 0.2) is 12.3 Å². The molecule has 4 aromatic rings. The van der Waals surface area contributed by atoms with Crippen molar-refractivity contribution in [1.29, 1.82) is 5.26 Å². The van der Waals surface area contributed by atoms with E-state index in [4.69, 9.17) is 10.5 Å². The number of ether oxygens (including phenoxy) is 1. The zero-order valence-corrected chi connectivity index (χ0v) is 23.2. The average Bonchev–Trinajstić information content (AvgIpc) is 3.62. The van der Waals surface area contributed by atoms with Crippen LogP contribution in [0.5, 0.6) is 6.01 Å². The number of nitrogens with one attached hydrogen (secondary N) is 1. The third-order valence-electron chi connectivity index (χ3n) is 8.53. The molecule has 2 atom stereocenters. The summed E-state index contributed by atoms with van der Waals surface area (Å²) in [5.41, 5.74) is 4.34. The van der Waals surface area contributed by atoms with Crippen LogP contribution in [0.25, 0.3) is 32.2 Å². The van der Waals surface area contributed by atoms with Crippen LogP contribution in [-0.4, -0.2) is 77.4 Å². The van der Waals surface area contributed by atoms with Gasteiger partial charge in [-0.05, 0) is 19.4 Å². The van der Waals surface area contributed by atoms with Crippen LogP contribution in [-0.2, 0) is 0 Å². The molecule has 6 heterocycles. The third kappa shape index (κ3) is 4.21. The lowest BCUT2D eigenvalue weighted by Gasteiger charge is -2.31. The summed E-state index contributed by atoms with van der Waals surface area (Å²) in [5.74, 6) is -2.56. The smallest absolute Gasteiger partial charge is 0.319 e. The lowest BCUT2D eigenvalue weighted by molar-refractivity contribution is 0.107. The first-order valence-corrected chi connectivity index (χ1v) is 14.6. The molecule has 3 aliphatic heterocycles. The highest BCUT2D eigenvalue weighted by atomic mass is 32.1. The Bertz CT molecular complexity index is 1770. The third-order valence-corrected chi connectivity index (χ3v) is 9.56. The topological polar surface area (TPSA) is 116 Å². The molecule has 218 valence electrons. The summed E-state index contributed by atoms with van der Waals surface area (Å²) in [4.78, 5) is 17.3. The molecule has 0 bridgehead atoms. The molecule has 0 amide bonds. The number of alkyl halides is 1. The largest absolute Gasteiger partial charge is 0.461 e. The van der Waals surface area contributed by atoms with Crippen LogP contribution in [0.2, 0.25) is 0 Å². The number of piperazine rings is 1. The molecule has 0 radical (unpaired) electrons. The molecule has 0 aliphatic carbocycles. The molecule has 3 aliphatic rings. The highest BCUT2D eigenvalue weighted by Crippen LogP contribution is 2.44. The number of aromatic nitrogens is 3. The highest BCUT2D eigenvalue weighted by molar-refractivity contribution is 7.23. The number of hydrogen-bond acceptors (Lipinski definition) is 10. The Kier molecular flexibility index (Phi) is 6.56. The van der Waals surface area contributed by atoms with Gasteiger partial charge in [0.1, 0.15) is 52.5 Å². The van der Waals surface area contributed by atoms with Gasteiger partial charge >= 0.3 is 6.01 Å². The lowest BCUT2D eigenvalue weighted by atomic mass is 9.95. The molecule has 0 saturated carbocycles. The van der Waals surface area contributed by atoms with Crippen molar-refractivity contribution in [1.82, 2.24) is 25.2 Å². The number of fused-ring (bicyclic) bond motifs is 3. The number of nitrogens with zero attached hydrogens (tertiary/aromatic N) is 6. The first-order valence-electron chi connectivity index (χ1n) is 13.7. The zero-order valence-electron chi connectivity index (χ0n) is 22.4. The van der Waals surface area contributed by atoms with Gasteiger partial charge in [-0.3, -0.25) is 9.88 Å². The second-order valence-corrected chi connectivity index (χ2v) is 12.0. The molecule has 9 nitrogen and oxygen atoms in total. The normalized spacial score (nSPS) is 22.6. The number of hydrogen-bond donors (Lipinski definition) is 2. The van der Waals surface area contributed by atoms with Gasteiger partial charge in [0.25, 0.3) is 0 Å². The van der Waals surface area contributed by atoms with Crippen LogP contribution in [0.1, 0.15) is 24.8 Å². The van der Waals surface area contributed by atoms with Gasteiger partial charge in [0.15, 0.2) is 5.82 Å². The lowest BCUT2D eigenvalue weighted by Crippen LogP contribution is -2.44. The van der Waals surface area contributed by atoms with Crippen LogP contribution < -0.4 is 20.7 Å². The molecule has 3 N–H and O–H groups in total. The van der Waals surface area contributed by atoms with Crippen molar-refractivity contribution in [2.24, 2.45) is 0 Å². The Morgan fingerprint density at radius 1 is 1.19 bits per heavy atom. The average molecular weight is 599 g/mol. The van der Waals surface area contributed by atoms with Crippen LogP contribution in [0.4, 0.5) is 28.4 Å². The number of anilines is 2. The first kappa shape index (κ1) is 27.1. The molecule has 0 unspecified atom stereocenters. The van der Waals surface area contributed by atoms with Gasteiger partial charge in [-0.25, -0.2) is 17.6 Å². The Labute approximate surface area is 241 Å². The molecule has 14 heteroatoms. The van der Waals surface area contributed by atoms with E-state index >= 15 is 8.78 Å². The minimum atomic E-state index is -1.09. The van der Waals surface area contributed by atoms with Crippen molar-refractivity contribution >= 4 is 43.1 Å². The molecule has 3 aromatic heterocycles. The molecule has 3 fully saturated rings. The van der Waals surface area contributed by atoms with E-state index in [1.165, 1.54) is 6.20 Å². The number of rotatable bonds is 5. The maximum atomic E-state index is 16.5. The summed E-state index contributed by atoms with van der Waals surface area (Å²) in [6.07, 6.45) is 2.46. The van der Waals surface area contributed by atoms with Crippen molar-refractivity contribution in [3.8, 4) is 23.3 Å². The number of nitriles is 1. The quantitative estimate of drug-likeness (QED) is 0.327. The Morgan fingerprint density at radius 3 is 2.79 bits per heavy atom. The summed E-state index contributed by atoms with van der Waals surface area (Å²) >= 11 is 0.781. The van der Waals surface area contributed by atoms with Crippen LogP contribution in [0.3, 0.4) is 0 Å². The second kappa shape index (κ2) is 10.2. The SMILES string of the molecule is N#Cc1c(N)sc2c(F)cc(F)c(-c3ncc4c(N5CCNCC5)nc(OC[C@@]56CCCN5C[C@H](F)C6)nc4c3F)c12. The Balaban J connectivity index is 1.38. The number of benzene rings is 1. The van der Waals surface area contributed by atoms with Crippen LogP contribution >= 0.6 is 11.3 Å². The van der Waals surface area contributed by atoms with Crippen molar-refractivity contribution in [3.63, 3.8) is 0 Å². The summed E-state index contributed by atoms with van der Waals surface area (Å²) in [6, 6.07) is 2.42. The number of nitrogens with two attached hydrogens (primary N) is 1. The fourth-order valence-corrected chi connectivity index (χ4v) is 7.52. The van der Waals surface area contributed by atoms with Gasteiger partial charge in [-0.15, -0.1) is 11.3 Å². The minimum absolute atomic E-state index is 0.0128. The molecular weight excluding hydrogens is 572 g/mol. The summed E-state index contributed by atoms with van der Waals surface area (Å²) in [6.45, 7) is 3.82. The number of pyridine rings is 1. The van der Waals surface area contributed by atoms with Crippen molar-refractivity contribution in [2.75, 3.05) is 56.5 Å². The van der Waals surface area contributed by atoms with E-state index < -0.39 is 34.9 Å². The van der Waals surface area contributed by atoms with Gasteiger partial charge in [-0.1, -0.05) is 0 Å². The van der Waals surface area contributed by atoms with Gasteiger partial charge in [0.2, 0.25) is 0 Å². The molecule has 1 aromatic carbocycles. The molecule has 0 spiro atoms. The fraction of sp³-hybridized carbons (Fsp3) is 0.429. The van der Waals surface area contributed by atoms with E-state index in [2.05, 4.69) is 25.2 Å². The minimum Gasteiger partial charge on any atom is -0.461 e. The molecule has 42 heavy (non-hydrogen) atoms. The molecule has 7 rings (SSSR count). The van der Waals surface area contributed by atoms with Crippen molar-refractivity contribution in [2.45, 2.75) is 31.0 Å². The maximum Gasteiger partial charge on any atom is 0.319 e. The molecule has 3 saturated heterocycles. The van der Waals surface area contributed by atoms with Gasteiger partial charge in [0.05, 0.1) is 21.2 Å². The van der Waals surface area contributed by atoms with E-state index in [0.29, 0.717) is 56.4 Å². The number of nitrogen functional groups attached to an aromatic ring is 1. The Hall–Kier alpha value is -3.80. The standard InChI is InChI=1S/C28H26F4N8OS/c29-14-9-28(2-1-5-40(28)12-14)13-41-27-37-22-16(26(38-27)39-6-3-35-4-7-39)11-36-23(21(22)32)20-17(30)8-18(31)24-19(20)15(10-33)25(34)42-24/h8,11,14,35H,1-7,9,12-13,34H2/t14-,28+/m1/s1. The van der Waals surface area contributed by atoms with Crippen LogP contribution in [0, 0.1) is 28.8 Å². The highest BCUT2D eigenvalue weighted by Gasteiger charge is 2.49. The van der Waals surface area contributed by atoms with Crippen molar-refractivity contribution < 1.29 is 22.3 Å². The van der Waals surface area contributed by atoms with E-state index in [0.717, 1.165) is 30.7 Å². The van der Waals surface area contributed by atoms with E-state index in [1.54, 1.807) is 0 Å². The summed E-state index contributed by atoms with van der Waals surface area (Å²) in [5, 5.41) is 13.1. The van der Waals surface area contributed by atoms with E-state index in [1.807, 2.05) is 11.0 Å².